The zero-order valence-electron chi connectivity index (χ0n) is 28.6. The summed E-state index contributed by atoms with van der Waals surface area (Å²) in [7, 11) is 0. The molecule has 0 aliphatic heterocycles. The fourth-order valence-corrected chi connectivity index (χ4v) is 9.23. The zero-order valence-corrected chi connectivity index (χ0v) is 28.6. The minimum Gasteiger partial charge on any atom is -0.309 e. The Labute approximate surface area is 296 Å². The van der Waals surface area contributed by atoms with Crippen LogP contribution >= 0.6 is 0 Å². The van der Waals surface area contributed by atoms with Crippen LogP contribution < -0.4 is 0 Å². The van der Waals surface area contributed by atoms with Gasteiger partial charge in [-0.2, -0.15) is 0 Å². The first-order chi connectivity index (χ1) is 25.1. The van der Waals surface area contributed by atoms with Crippen molar-refractivity contribution in [2.45, 2.75) is 19.3 Å². The number of rotatable bonds is 3. The van der Waals surface area contributed by atoms with Gasteiger partial charge in [-0.15, -0.1) is 0 Å². The van der Waals surface area contributed by atoms with Gasteiger partial charge in [0.15, 0.2) is 0 Å². The molecule has 0 atom stereocenters. The molecule has 1 aliphatic carbocycles. The maximum atomic E-state index is 2.45. The second-order valence-electron chi connectivity index (χ2n) is 14.5. The maximum Gasteiger partial charge on any atom is 0.0544 e. The number of nitrogens with zero attached hydrogens (tertiary/aromatic N) is 2. The summed E-state index contributed by atoms with van der Waals surface area (Å²) in [4.78, 5) is 0. The van der Waals surface area contributed by atoms with Gasteiger partial charge in [-0.3, -0.25) is 0 Å². The highest BCUT2D eigenvalue weighted by molar-refractivity contribution is 6.16. The molecular weight excluding hydrogens is 617 g/mol. The van der Waals surface area contributed by atoms with Crippen molar-refractivity contribution in [1.29, 1.82) is 0 Å². The third-order valence-corrected chi connectivity index (χ3v) is 11.5. The minimum atomic E-state index is -0.125. The number of benzene rings is 8. The molecule has 51 heavy (non-hydrogen) atoms. The summed E-state index contributed by atoms with van der Waals surface area (Å²) in [6.45, 7) is 4.79. The average Bonchev–Trinajstić information content (AvgIpc) is 3.77. The van der Waals surface area contributed by atoms with Crippen LogP contribution in [0.15, 0.2) is 170 Å². The van der Waals surface area contributed by atoms with Crippen molar-refractivity contribution in [2.75, 3.05) is 0 Å². The molecule has 0 fully saturated rings. The van der Waals surface area contributed by atoms with Gasteiger partial charge in [0.25, 0.3) is 0 Å². The van der Waals surface area contributed by atoms with Gasteiger partial charge in [-0.1, -0.05) is 129 Å². The number of hydrogen-bond acceptors (Lipinski definition) is 0. The number of aromatic nitrogens is 2. The molecule has 2 heterocycles. The molecule has 2 nitrogen and oxygen atoms in total. The predicted molar refractivity (Wildman–Crippen MR) is 216 cm³/mol. The van der Waals surface area contributed by atoms with Crippen LogP contribution in [0.5, 0.6) is 0 Å². The third kappa shape index (κ3) is 3.88. The molecule has 0 N–H and O–H groups in total. The van der Waals surface area contributed by atoms with E-state index in [0.717, 1.165) is 0 Å². The van der Waals surface area contributed by atoms with E-state index in [1.54, 1.807) is 0 Å². The first kappa shape index (κ1) is 28.5. The van der Waals surface area contributed by atoms with Crippen LogP contribution in [-0.4, -0.2) is 9.13 Å². The molecule has 240 valence electrons. The topological polar surface area (TPSA) is 9.86 Å². The van der Waals surface area contributed by atoms with Crippen LogP contribution in [0.3, 0.4) is 0 Å². The Balaban J connectivity index is 1.18. The molecule has 0 saturated carbocycles. The molecule has 8 aromatic carbocycles. The Morgan fingerprint density at radius 2 is 1.04 bits per heavy atom. The third-order valence-electron chi connectivity index (χ3n) is 11.5. The molecule has 2 aromatic heterocycles. The molecule has 0 unspecified atom stereocenters. The fourth-order valence-electron chi connectivity index (χ4n) is 9.23. The van der Waals surface area contributed by atoms with Crippen molar-refractivity contribution in [3.8, 4) is 33.6 Å². The van der Waals surface area contributed by atoms with Gasteiger partial charge in [-0.25, -0.2) is 0 Å². The smallest absolute Gasteiger partial charge is 0.0544 e. The Hall–Kier alpha value is -6.38. The molecule has 0 bridgehead atoms. The van der Waals surface area contributed by atoms with Crippen LogP contribution in [0.4, 0.5) is 0 Å². The van der Waals surface area contributed by atoms with Crippen molar-refractivity contribution in [2.24, 2.45) is 0 Å². The summed E-state index contributed by atoms with van der Waals surface area (Å²) in [5.41, 5.74) is 15.2. The highest BCUT2D eigenvalue weighted by Gasteiger charge is 2.38. The maximum absolute atomic E-state index is 2.45. The van der Waals surface area contributed by atoms with Crippen LogP contribution in [0, 0.1) is 0 Å². The van der Waals surface area contributed by atoms with E-state index in [1.807, 2.05) is 0 Å². The molecular formula is C49H34N2. The van der Waals surface area contributed by atoms with Gasteiger partial charge < -0.3 is 9.13 Å². The van der Waals surface area contributed by atoms with Crippen molar-refractivity contribution in [3.63, 3.8) is 0 Å². The van der Waals surface area contributed by atoms with Crippen LogP contribution in [0.25, 0.3) is 88.0 Å². The van der Waals surface area contributed by atoms with Crippen molar-refractivity contribution in [3.05, 3.63) is 181 Å². The molecule has 2 heteroatoms. The SMILES string of the molecule is CC1(C)c2ccccc2-c2ccc3c(c21)c1cc(-c2ccc4c(c2)c2ccccc2n4-c2cccc4ccccc24)ccc1n3-c1ccccc1. The van der Waals surface area contributed by atoms with Crippen molar-refractivity contribution in [1.82, 2.24) is 9.13 Å². The summed E-state index contributed by atoms with van der Waals surface area (Å²) in [6, 6.07) is 62.7. The summed E-state index contributed by atoms with van der Waals surface area (Å²) in [6.07, 6.45) is 0. The second kappa shape index (κ2) is 10.3. The van der Waals surface area contributed by atoms with E-state index < -0.39 is 0 Å². The van der Waals surface area contributed by atoms with Crippen molar-refractivity contribution >= 4 is 54.4 Å². The largest absolute Gasteiger partial charge is 0.309 e. The number of fused-ring (bicyclic) bond motifs is 11. The lowest BCUT2D eigenvalue weighted by Gasteiger charge is -2.22. The summed E-state index contributed by atoms with van der Waals surface area (Å²) >= 11 is 0. The van der Waals surface area contributed by atoms with E-state index in [-0.39, 0.29) is 5.41 Å². The first-order valence-corrected chi connectivity index (χ1v) is 17.9. The van der Waals surface area contributed by atoms with E-state index in [9.17, 15) is 0 Å². The molecule has 10 aromatic rings. The molecule has 0 amide bonds. The van der Waals surface area contributed by atoms with E-state index in [4.69, 9.17) is 0 Å². The van der Waals surface area contributed by atoms with Gasteiger partial charge in [0, 0.05) is 38.0 Å². The highest BCUT2D eigenvalue weighted by Crippen LogP contribution is 2.53. The van der Waals surface area contributed by atoms with Crippen molar-refractivity contribution < 1.29 is 0 Å². The summed E-state index contributed by atoms with van der Waals surface area (Å²) < 4.78 is 4.89. The molecule has 0 spiro atoms. The zero-order chi connectivity index (χ0) is 33.8. The average molecular weight is 651 g/mol. The highest BCUT2D eigenvalue weighted by atomic mass is 15.0. The Morgan fingerprint density at radius 3 is 1.88 bits per heavy atom. The number of para-hydroxylation sites is 2. The predicted octanol–water partition coefficient (Wildman–Crippen LogP) is 13.0. The Morgan fingerprint density at radius 1 is 0.412 bits per heavy atom. The molecule has 0 radical (unpaired) electrons. The van der Waals surface area contributed by atoms with Crippen LogP contribution in [0.2, 0.25) is 0 Å². The lowest BCUT2D eigenvalue weighted by atomic mass is 9.80. The van der Waals surface area contributed by atoms with Gasteiger partial charge in [0.2, 0.25) is 0 Å². The van der Waals surface area contributed by atoms with E-state index in [1.165, 1.54) is 99.1 Å². The molecule has 1 aliphatic rings. The van der Waals surface area contributed by atoms with E-state index in [2.05, 4.69) is 193 Å². The minimum absolute atomic E-state index is 0.125. The van der Waals surface area contributed by atoms with Crippen LogP contribution in [0.1, 0.15) is 25.0 Å². The summed E-state index contributed by atoms with van der Waals surface area (Å²) in [5, 5.41) is 7.68. The molecule has 11 rings (SSSR count). The lowest BCUT2D eigenvalue weighted by Crippen LogP contribution is -2.15. The van der Waals surface area contributed by atoms with E-state index >= 15 is 0 Å². The fraction of sp³-hybridized carbons (Fsp3) is 0.0612. The Bertz CT molecular complexity index is 3040. The Kier molecular flexibility index (Phi) is 5.76. The van der Waals surface area contributed by atoms with Gasteiger partial charge in [0.1, 0.15) is 0 Å². The van der Waals surface area contributed by atoms with E-state index in [0.29, 0.717) is 0 Å². The second-order valence-corrected chi connectivity index (χ2v) is 14.5. The van der Waals surface area contributed by atoms with Crippen LogP contribution in [-0.2, 0) is 5.41 Å². The standard InChI is InChI=1S/C49H34N2/c1-49(2)41-20-10-8-18-36(41)38-25-28-46-47(48(38)49)40-30-33(24-27-45(40)50(46)34-15-4-3-5-16-34)32-23-26-44-39(29-32)37-19-9-11-21-43(37)51(44)42-22-12-14-31-13-6-7-17-35(31)42/h3-30H,1-2H3. The quantitative estimate of drug-likeness (QED) is 0.180. The van der Waals surface area contributed by atoms with Gasteiger partial charge in [-0.05, 0) is 93.4 Å². The molecule has 0 saturated heterocycles. The summed E-state index contributed by atoms with van der Waals surface area (Å²) in [5.74, 6) is 0. The lowest BCUT2D eigenvalue weighted by molar-refractivity contribution is 0.666. The van der Waals surface area contributed by atoms with Gasteiger partial charge >= 0.3 is 0 Å². The first-order valence-electron chi connectivity index (χ1n) is 17.9. The monoisotopic (exact) mass is 650 g/mol. The normalized spacial score (nSPS) is 13.5. The van der Waals surface area contributed by atoms with Gasteiger partial charge in [0.05, 0.1) is 27.8 Å². The number of hydrogen-bond donors (Lipinski definition) is 0.